The molecule has 0 aliphatic heterocycles. The van der Waals surface area contributed by atoms with Gasteiger partial charge in [-0.25, -0.2) is 0 Å². The molecule has 0 atom stereocenters. The summed E-state index contributed by atoms with van der Waals surface area (Å²) in [6.07, 6.45) is 1.56. The lowest BCUT2D eigenvalue weighted by Gasteiger charge is -2.08. The van der Waals surface area contributed by atoms with Gasteiger partial charge < -0.3 is 10.1 Å². The smallest absolute Gasteiger partial charge is 0.266 e. The fourth-order valence-corrected chi connectivity index (χ4v) is 3.04. The highest BCUT2D eigenvalue weighted by molar-refractivity contribution is 9.10. The van der Waals surface area contributed by atoms with E-state index in [0.717, 1.165) is 26.7 Å². The first-order valence-corrected chi connectivity index (χ1v) is 10.2. The van der Waals surface area contributed by atoms with E-state index in [1.54, 1.807) is 12.1 Å². The van der Waals surface area contributed by atoms with Gasteiger partial charge in [-0.05, 0) is 78.6 Å². The molecule has 1 amide bonds. The van der Waals surface area contributed by atoms with Gasteiger partial charge in [0.15, 0.2) is 0 Å². The fourth-order valence-electron chi connectivity index (χ4n) is 2.77. The minimum Gasteiger partial charge on any atom is -0.489 e. The molecule has 4 nitrogen and oxygen atoms in total. The predicted octanol–water partition coefficient (Wildman–Crippen LogP) is 6.19. The van der Waals surface area contributed by atoms with Crippen molar-refractivity contribution in [2.24, 2.45) is 0 Å². The van der Waals surface area contributed by atoms with Crippen molar-refractivity contribution < 1.29 is 9.53 Å². The third-order valence-corrected chi connectivity index (χ3v) is 5.15. The van der Waals surface area contributed by atoms with Crippen LogP contribution in [0.3, 0.4) is 0 Å². The lowest BCUT2D eigenvalue weighted by Crippen LogP contribution is -2.13. The Hall–Kier alpha value is -3.36. The van der Waals surface area contributed by atoms with E-state index >= 15 is 0 Å². The zero-order chi connectivity index (χ0) is 21.5. The van der Waals surface area contributed by atoms with Crippen LogP contribution in [0, 0.1) is 25.2 Å². The van der Waals surface area contributed by atoms with Crippen LogP contribution in [0.15, 0.2) is 76.8 Å². The summed E-state index contributed by atoms with van der Waals surface area (Å²) >= 11 is 3.41. The zero-order valence-corrected chi connectivity index (χ0v) is 18.4. The molecule has 3 aromatic carbocycles. The average molecular weight is 461 g/mol. The van der Waals surface area contributed by atoms with Crippen LogP contribution in [0.4, 0.5) is 5.69 Å². The molecule has 30 heavy (non-hydrogen) atoms. The van der Waals surface area contributed by atoms with Gasteiger partial charge in [-0.3, -0.25) is 4.79 Å². The van der Waals surface area contributed by atoms with Crippen molar-refractivity contribution in [2.75, 3.05) is 5.32 Å². The number of ether oxygens (including phenoxy) is 1. The minimum atomic E-state index is -0.443. The number of hydrogen-bond acceptors (Lipinski definition) is 3. The number of nitrogens with one attached hydrogen (secondary N) is 1. The summed E-state index contributed by atoms with van der Waals surface area (Å²) in [7, 11) is 0. The SMILES string of the molecule is Cc1ccc(NC(=O)/C(C#N)=C\c2cccc(OCc3ccc(Br)cc3)c2)cc1C. The zero-order valence-electron chi connectivity index (χ0n) is 16.8. The van der Waals surface area contributed by atoms with Crippen molar-refractivity contribution in [3.05, 3.63) is 99.0 Å². The normalized spacial score (nSPS) is 10.9. The Morgan fingerprint density at radius 2 is 1.83 bits per heavy atom. The Bertz CT molecular complexity index is 1130. The van der Waals surface area contributed by atoms with E-state index in [1.165, 1.54) is 0 Å². The number of benzene rings is 3. The van der Waals surface area contributed by atoms with E-state index in [0.29, 0.717) is 18.0 Å². The molecular formula is C25H21BrN2O2. The first kappa shape index (κ1) is 21.4. The molecule has 3 aromatic rings. The molecule has 150 valence electrons. The average Bonchev–Trinajstić information content (AvgIpc) is 2.74. The summed E-state index contributed by atoms with van der Waals surface area (Å²) < 4.78 is 6.86. The molecule has 0 aliphatic rings. The number of nitrogens with zero attached hydrogens (tertiary/aromatic N) is 1. The van der Waals surface area contributed by atoms with Crippen LogP contribution in [-0.4, -0.2) is 5.91 Å². The molecule has 0 heterocycles. The van der Waals surface area contributed by atoms with Gasteiger partial charge in [0.05, 0.1) is 0 Å². The minimum absolute atomic E-state index is 0.0262. The van der Waals surface area contributed by atoms with E-state index in [1.807, 2.05) is 80.6 Å². The molecule has 0 fully saturated rings. The number of halogens is 1. The summed E-state index contributed by atoms with van der Waals surface area (Å²) in [6.45, 7) is 4.41. The molecule has 0 unspecified atom stereocenters. The van der Waals surface area contributed by atoms with Crippen LogP contribution < -0.4 is 10.1 Å². The first-order valence-electron chi connectivity index (χ1n) is 9.42. The Balaban J connectivity index is 1.71. The van der Waals surface area contributed by atoms with Crippen LogP contribution in [0.5, 0.6) is 5.75 Å². The van der Waals surface area contributed by atoms with Crippen molar-refractivity contribution in [2.45, 2.75) is 20.5 Å². The summed E-state index contributed by atoms with van der Waals surface area (Å²) in [5.41, 5.74) is 4.67. The van der Waals surface area contributed by atoms with Gasteiger partial charge in [0.1, 0.15) is 24.0 Å². The molecule has 0 spiro atoms. The molecule has 0 saturated carbocycles. The highest BCUT2D eigenvalue weighted by atomic mass is 79.9. The van der Waals surface area contributed by atoms with Crippen molar-refractivity contribution in [1.82, 2.24) is 0 Å². The van der Waals surface area contributed by atoms with Gasteiger partial charge in [0.25, 0.3) is 5.91 Å². The number of aryl methyl sites for hydroxylation is 2. The maximum absolute atomic E-state index is 12.5. The largest absolute Gasteiger partial charge is 0.489 e. The number of amides is 1. The quantitative estimate of drug-likeness (QED) is 0.352. The topological polar surface area (TPSA) is 62.1 Å². The predicted molar refractivity (Wildman–Crippen MR) is 123 cm³/mol. The van der Waals surface area contributed by atoms with Crippen LogP contribution in [0.25, 0.3) is 6.08 Å². The summed E-state index contributed by atoms with van der Waals surface area (Å²) in [6, 6.07) is 22.8. The Morgan fingerprint density at radius 1 is 1.07 bits per heavy atom. The summed E-state index contributed by atoms with van der Waals surface area (Å²) in [5, 5.41) is 12.2. The Labute approximate surface area is 184 Å². The molecule has 0 aliphatic carbocycles. The van der Waals surface area contributed by atoms with Crippen molar-refractivity contribution >= 4 is 33.6 Å². The molecule has 0 saturated heterocycles. The maximum atomic E-state index is 12.5. The lowest BCUT2D eigenvalue weighted by atomic mass is 10.1. The van der Waals surface area contributed by atoms with E-state index < -0.39 is 5.91 Å². The molecule has 0 aromatic heterocycles. The number of carbonyl (C=O) groups excluding carboxylic acids is 1. The molecule has 3 rings (SSSR count). The number of anilines is 1. The molecule has 0 bridgehead atoms. The van der Waals surface area contributed by atoms with Gasteiger partial charge in [-0.1, -0.05) is 46.3 Å². The van der Waals surface area contributed by atoms with Crippen LogP contribution >= 0.6 is 15.9 Å². The third kappa shape index (κ3) is 5.82. The van der Waals surface area contributed by atoms with Crippen LogP contribution in [-0.2, 0) is 11.4 Å². The van der Waals surface area contributed by atoms with E-state index in [4.69, 9.17) is 4.74 Å². The maximum Gasteiger partial charge on any atom is 0.266 e. The van der Waals surface area contributed by atoms with Gasteiger partial charge in [-0.2, -0.15) is 5.26 Å². The highest BCUT2D eigenvalue weighted by Gasteiger charge is 2.10. The first-order chi connectivity index (χ1) is 14.4. The number of nitriles is 1. The van der Waals surface area contributed by atoms with Crippen LogP contribution in [0.1, 0.15) is 22.3 Å². The van der Waals surface area contributed by atoms with E-state index in [-0.39, 0.29) is 5.57 Å². The van der Waals surface area contributed by atoms with Crippen molar-refractivity contribution in [3.8, 4) is 11.8 Å². The van der Waals surface area contributed by atoms with E-state index in [9.17, 15) is 10.1 Å². The summed E-state index contributed by atoms with van der Waals surface area (Å²) in [5.74, 6) is 0.223. The number of hydrogen-bond donors (Lipinski definition) is 1. The second kappa shape index (κ2) is 9.91. The van der Waals surface area contributed by atoms with Crippen molar-refractivity contribution in [3.63, 3.8) is 0 Å². The lowest BCUT2D eigenvalue weighted by molar-refractivity contribution is -0.112. The molecule has 5 heteroatoms. The third-order valence-electron chi connectivity index (χ3n) is 4.62. The van der Waals surface area contributed by atoms with Gasteiger partial charge in [0, 0.05) is 10.2 Å². The molecule has 1 N–H and O–H groups in total. The highest BCUT2D eigenvalue weighted by Crippen LogP contribution is 2.19. The number of rotatable bonds is 6. The Morgan fingerprint density at radius 3 is 2.53 bits per heavy atom. The van der Waals surface area contributed by atoms with Crippen molar-refractivity contribution in [1.29, 1.82) is 5.26 Å². The molecule has 0 radical (unpaired) electrons. The number of carbonyl (C=O) groups is 1. The van der Waals surface area contributed by atoms with Gasteiger partial charge in [-0.15, -0.1) is 0 Å². The van der Waals surface area contributed by atoms with E-state index in [2.05, 4.69) is 21.2 Å². The second-order valence-corrected chi connectivity index (χ2v) is 7.83. The summed E-state index contributed by atoms with van der Waals surface area (Å²) in [4.78, 5) is 12.5. The van der Waals surface area contributed by atoms with Gasteiger partial charge in [0.2, 0.25) is 0 Å². The van der Waals surface area contributed by atoms with Crippen LogP contribution in [0.2, 0.25) is 0 Å². The van der Waals surface area contributed by atoms with Gasteiger partial charge >= 0.3 is 0 Å². The monoisotopic (exact) mass is 460 g/mol. The second-order valence-electron chi connectivity index (χ2n) is 6.91. The molecular weight excluding hydrogens is 440 g/mol. The standard InChI is InChI=1S/C25H21BrN2O2/c1-17-6-11-23(12-18(17)2)28-25(29)21(15-27)13-20-4-3-5-24(14-20)30-16-19-7-9-22(26)10-8-19/h3-14H,16H2,1-2H3,(H,28,29)/b21-13-. The fraction of sp³-hybridized carbons (Fsp3) is 0.120. The Kier molecular flexibility index (Phi) is 7.05.